The van der Waals surface area contributed by atoms with E-state index in [4.69, 9.17) is 4.84 Å². The molecule has 3 heteroatoms. The van der Waals surface area contributed by atoms with Crippen LogP contribution in [0, 0.1) is 0 Å². The van der Waals surface area contributed by atoms with Gasteiger partial charge in [-0.3, -0.25) is 9.63 Å². The number of hydroxylamine groups is 2. The maximum atomic E-state index is 12.2. The molecular formula is C19H29NO2. The first-order valence-electron chi connectivity index (χ1n) is 8.42. The highest BCUT2D eigenvalue weighted by Gasteiger charge is 2.49. The predicted octanol–water partition coefficient (Wildman–Crippen LogP) is 4.16. The normalized spacial score (nSPS) is 29.7. The van der Waals surface area contributed by atoms with Crippen molar-refractivity contribution in [3.8, 4) is 0 Å². The van der Waals surface area contributed by atoms with Crippen LogP contribution in [-0.4, -0.2) is 28.5 Å². The van der Waals surface area contributed by atoms with Gasteiger partial charge in [-0.05, 0) is 38.7 Å². The summed E-state index contributed by atoms with van der Waals surface area (Å²) in [7, 11) is 0. The van der Waals surface area contributed by atoms with Crippen molar-refractivity contribution in [1.82, 2.24) is 5.06 Å². The van der Waals surface area contributed by atoms with E-state index in [0.717, 1.165) is 19.3 Å². The summed E-state index contributed by atoms with van der Waals surface area (Å²) in [6.45, 7) is 9.24. The fourth-order valence-corrected chi connectivity index (χ4v) is 3.46. The molecule has 0 spiro atoms. The molecule has 0 radical (unpaired) electrons. The molecule has 2 unspecified atom stereocenters. The molecule has 1 aliphatic heterocycles. The van der Waals surface area contributed by atoms with Gasteiger partial charge in [-0.25, -0.2) is 0 Å². The van der Waals surface area contributed by atoms with Gasteiger partial charge in [0.1, 0.15) is 5.78 Å². The summed E-state index contributed by atoms with van der Waals surface area (Å²) >= 11 is 0. The lowest BCUT2D eigenvalue weighted by Crippen LogP contribution is -2.62. The van der Waals surface area contributed by atoms with E-state index < -0.39 is 0 Å². The number of Topliss-reactive ketones (excluding diaryl/α,β-unsaturated/α-hetero) is 1. The molecule has 1 fully saturated rings. The number of piperidine rings is 1. The minimum atomic E-state index is -0.198. The summed E-state index contributed by atoms with van der Waals surface area (Å²) in [5.41, 5.74) is 0.889. The number of carbonyl (C=O) groups is 1. The average molecular weight is 303 g/mol. The minimum absolute atomic E-state index is 0.198. The molecule has 1 saturated heterocycles. The molecule has 0 aliphatic carbocycles. The molecule has 3 nitrogen and oxygen atoms in total. The Morgan fingerprint density at radius 3 is 2.09 bits per heavy atom. The van der Waals surface area contributed by atoms with Gasteiger partial charge < -0.3 is 0 Å². The SMILES string of the molecule is CCC1(C)CC(=O)CC(C)(CC)N1OCCc1ccccc1. The number of hydrogen-bond donors (Lipinski definition) is 0. The van der Waals surface area contributed by atoms with Crippen molar-refractivity contribution in [3.05, 3.63) is 35.9 Å². The van der Waals surface area contributed by atoms with Gasteiger partial charge in [0.25, 0.3) is 0 Å². The van der Waals surface area contributed by atoms with Crippen LogP contribution in [0.25, 0.3) is 0 Å². The van der Waals surface area contributed by atoms with Crippen LogP contribution in [0.15, 0.2) is 30.3 Å². The number of hydrogen-bond acceptors (Lipinski definition) is 3. The van der Waals surface area contributed by atoms with Gasteiger partial charge in [0.05, 0.1) is 17.7 Å². The molecule has 1 aromatic rings. The molecule has 1 heterocycles. The molecular weight excluding hydrogens is 274 g/mol. The largest absolute Gasteiger partial charge is 0.300 e. The molecule has 0 amide bonds. The van der Waals surface area contributed by atoms with E-state index in [1.807, 2.05) is 6.07 Å². The fraction of sp³-hybridized carbons (Fsp3) is 0.632. The van der Waals surface area contributed by atoms with Crippen LogP contribution in [-0.2, 0) is 16.1 Å². The van der Waals surface area contributed by atoms with E-state index in [1.165, 1.54) is 5.56 Å². The van der Waals surface area contributed by atoms with Gasteiger partial charge in [-0.15, -0.1) is 0 Å². The highest BCUT2D eigenvalue weighted by molar-refractivity contribution is 5.81. The maximum absolute atomic E-state index is 12.2. The van der Waals surface area contributed by atoms with E-state index >= 15 is 0 Å². The van der Waals surface area contributed by atoms with Crippen LogP contribution >= 0.6 is 0 Å². The van der Waals surface area contributed by atoms with Crippen molar-refractivity contribution < 1.29 is 9.63 Å². The highest BCUT2D eigenvalue weighted by Crippen LogP contribution is 2.40. The number of benzene rings is 1. The summed E-state index contributed by atoms with van der Waals surface area (Å²) in [4.78, 5) is 18.4. The average Bonchev–Trinajstić information content (AvgIpc) is 2.51. The smallest absolute Gasteiger partial charge is 0.136 e. The van der Waals surface area contributed by atoms with Crippen molar-refractivity contribution in [2.75, 3.05) is 6.61 Å². The third-order valence-electron chi connectivity index (χ3n) is 5.11. The summed E-state index contributed by atoms with van der Waals surface area (Å²) in [6, 6.07) is 10.4. The zero-order valence-corrected chi connectivity index (χ0v) is 14.4. The third kappa shape index (κ3) is 3.58. The van der Waals surface area contributed by atoms with Crippen molar-refractivity contribution in [3.63, 3.8) is 0 Å². The zero-order valence-electron chi connectivity index (χ0n) is 14.4. The lowest BCUT2D eigenvalue weighted by atomic mass is 9.77. The quantitative estimate of drug-likeness (QED) is 0.790. The Balaban J connectivity index is 2.08. The Morgan fingerprint density at radius 1 is 1.05 bits per heavy atom. The summed E-state index contributed by atoms with van der Waals surface area (Å²) < 4.78 is 0. The first-order valence-corrected chi connectivity index (χ1v) is 8.42. The summed E-state index contributed by atoms with van der Waals surface area (Å²) in [5.74, 6) is 0.358. The van der Waals surface area contributed by atoms with Gasteiger partial charge >= 0.3 is 0 Å². The molecule has 0 saturated carbocycles. The number of rotatable bonds is 6. The van der Waals surface area contributed by atoms with Crippen LogP contribution in [0.2, 0.25) is 0 Å². The monoisotopic (exact) mass is 303 g/mol. The van der Waals surface area contributed by atoms with Crippen molar-refractivity contribution in [1.29, 1.82) is 0 Å². The van der Waals surface area contributed by atoms with Crippen LogP contribution in [0.3, 0.4) is 0 Å². The Labute approximate surface area is 134 Å². The van der Waals surface area contributed by atoms with Gasteiger partial charge in [0.2, 0.25) is 0 Å². The molecule has 2 atom stereocenters. The van der Waals surface area contributed by atoms with Crippen molar-refractivity contribution >= 4 is 5.78 Å². The maximum Gasteiger partial charge on any atom is 0.136 e. The molecule has 2 rings (SSSR count). The van der Waals surface area contributed by atoms with Crippen LogP contribution in [0.5, 0.6) is 0 Å². The van der Waals surface area contributed by atoms with E-state index in [0.29, 0.717) is 25.2 Å². The van der Waals surface area contributed by atoms with E-state index in [1.54, 1.807) is 0 Å². The Kier molecular flexibility index (Phi) is 5.41. The Bertz CT molecular complexity index is 479. The zero-order chi connectivity index (χ0) is 16.2. The highest BCUT2D eigenvalue weighted by atomic mass is 16.7. The van der Waals surface area contributed by atoms with Crippen LogP contribution in [0.4, 0.5) is 0 Å². The Morgan fingerprint density at radius 2 is 1.59 bits per heavy atom. The first kappa shape index (κ1) is 17.2. The molecule has 1 aliphatic rings. The second-order valence-electron chi connectivity index (χ2n) is 6.96. The lowest BCUT2D eigenvalue weighted by molar-refractivity contribution is -0.284. The predicted molar refractivity (Wildman–Crippen MR) is 89.6 cm³/mol. The van der Waals surface area contributed by atoms with E-state index in [-0.39, 0.29) is 11.1 Å². The second-order valence-corrected chi connectivity index (χ2v) is 6.96. The molecule has 0 N–H and O–H groups in total. The van der Waals surface area contributed by atoms with Gasteiger partial charge in [0, 0.05) is 12.8 Å². The van der Waals surface area contributed by atoms with Crippen LogP contribution in [0.1, 0.15) is 58.9 Å². The van der Waals surface area contributed by atoms with Gasteiger partial charge in [-0.2, -0.15) is 5.06 Å². The summed E-state index contributed by atoms with van der Waals surface area (Å²) in [6.07, 6.45) is 3.90. The standard InChI is InChI=1S/C19H29NO2/c1-5-18(3)14-17(21)15-19(4,6-2)20(18)22-13-12-16-10-8-7-9-11-16/h7-11H,5-6,12-15H2,1-4H3. The first-order chi connectivity index (χ1) is 10.4. The van der Waals surface area contributed by atoms with E-state index in [9.17, 15) is 4.79 Å². The molecule has 0 aromatic heterocycles. The second kappa shape index (κ2) is 6.93. The third-order valence-corrected chi connectivity index (χ3v) is 5.11. The fourth-order valence-electron chi connectivity index (χ4n) is 3.46. The summed E-state index contributed by atoms with van der Waals surface area (Å²) in [5, 5.41) is 2.14. The molecule has 22 heavy (non-hydrogen) atoms. The molecule has 1 aromatic carbocycles. The van der Waals surface area contributed by atoms with E-state index in [2.05, 4.69) is 57.0 Å². The van der Waals surface area contributed by atoms with Crippen molar-refractivity contribution in [2.24, 2.45) is 0 Å². The molecule has 0 bridgehead atoms. The molecule has 122 valence electrons. The van der Waals surface area contributed by atoms with Crippen molar-refractivity contribution in [2.45, 2.75) is 70.9 Å². The topological polar surface area (TPSA) is 29.5 Å². The van der Waals surface area contributed by atoms with Gasteiger partial charge in [0.15, 0.2) is 0 Å². The lowest BCUT2D eigenvalue weighted by Gasteiger charge is -2.53. The van der Waals surface area contributed by atoms with Crippen LogP contribution < -0.4 is 0 Å². The number of ketones is 1. The Hall–Kier alpha value is -1.19. The number of carbonyl (C=O) groups excluding carboxylic acids is 1. The van der Waals surface area contributed by atoms with Gasteiger partial charge in [-0.1, -0.05) is 44.2 Å². The number of nitrogens with zero attached hydrogens (tertiary/aromatic N) is 1. The minimum Gasteiger partial charge on any atom is -0.300 e.